The molecule has 0 N–H and O–H groups in total. The smallest absolute Gasteiger partial charge is 0.181 e. The lowest BCUT2D eigenvalue weighted by atomic mass is 9.91. The summed E-state index contributed by atoms with van der Waals surface area (Å²) in [5, 5.41) is 9.93. The van der Waals surface area contributed by atoms with Crippen LogP contribution in [0.5, 0.6) is 0 Å². The first-order valence-corrected chi connectivity index (χ1v) is 12.9. The summed E-state index contributed by atoms with van der Waals surface area (Å²) in [5.41, 5.74) is 3.46. The van der Waals surface area contributed by atoms with Gasteiger partial charge in [0.15, 0.2) is 11.6 Å². The largest absolute Gasteiger partial charge is 0.381 e. The molecule has 9 heteroatoms. The zero-order valence-corrected chi connectivity index (χ0v) is 21.2. The SMILES string of the molecule is CCOCCc1sc(-c2cnn(C)c2C(=O)CC2CCn3nc(-c4ccccc4)nc3C2)nc1C. The number of ketones is 1. The monoisotopic (exact) mass is 490 g/mol. The molecule has 0 saturated heterocycles. The van der Waals surface area contributed by atoms with Gasteiger partial charge in [0.25, 0.3) is 0 Å². The number of aromatic nitrogens is 6. The summed E-state index contributed by atoms with van der Waals surface area (Å²) >= 11 is 1.63. The van der Waals surface area contributed by atoms with Crippen molar-refractivity contribution in [1.29, 1.82) is 0 Å². The van der Waals surface area contributed by atoms with E-state index in [0.29, 0.717) is 25.3 Å². The Bertz CT molecular complexity index is 1320. The van der Waals surface area contributed by atoms with Gasteiger partial charge in [-0.3, -0.25) is 9.48 Å². The lowest BCUT2D eigenvalue weighted by molar-refractivity contribution is 0.0944. The van der Waals surface area contributed by atoms with Gasteiger partial charge < -0.3 is 4.74 Å². The van der Waals surface area contributed by atoms with Gasteiger partial charge in [0.2, 0.25) is 0 Å². The highest BCUT2D eigenvalue weighted by Gasteiger charge is 2.28. The molecule has 0 saturated carbocycles. The van der Waals surface area contributed by atoms with E-state index in [0.717, 1.165) is 59.3 Å². The second-order valence-electron chi connectivity index (χ2n) is 8.93. The van der Waals surface area contributed by atoms with E-state index in [9.17, 15) is 4.79 Å². The van der Waals surface area contributed by atoms with E-state index in [1.165, 1.54) is 4.88 Å². The molecular formula is C26H30N6O2S. The molecule has 182 valence electrons. The second kappa shape index (κ2) is 10.2. The Morgan fingerprint density at radius 1 is 1.23 bits per heavy atom. The Morgan fingerprint density at radius 2 is 2.06 bits per heavy atom. The minimum atomic E-state index is 0.102. The summed E-state index contributed by atoms with van der Waals surface area (Å²) in [4.78, 5) is 24.2. The predicted octanol–water partition coefficient (Wildman–Crippen LogP) is 4.52. The van der Waals surface area contributed by atoms with E-state index in [4.69, 9.17) is 14.7 Å². The molecule has 0 aliphatic carbocycles. The topological polar surface area (TPSA) is 87.7 Å². The first kappa shape index (κ1) is 23.6. The molecule has 5 rings (SSSR count). The van der Waals surface area contributed by atoms with Crippen LogP contribution in [0.25, 0.3) is 22.0 Å². The molecule has 0 amide bonds. The third-order valence-electron chi connectivity index (χ3n) is 6.48. The Morgan fingerprint density at radius 3 is 2.86 bits per heavy atom. The van der Waals surface area contributed by atoms with Crippen LogP contribution < -0.4 is 0 Å². The highest BCUT2D eigenvalue weighted by Crippen LogP contribution is 2.33. The van der Waals surface area contributed by atoms with Crippen LogP contribution in [-0.2, 0) is 31.2 Å². The second-order valence-corrected chi connectivity index (χ2v) is 10.0. The highest BCUT2D eigenvalue weighted by molar-refractivity contribution is 7.15. The highest BCUT2D eigenvalue weighted by atomic mass is 32.1. The maximum Gasteiger partial charge on any atom is 0.181 e. The molecule has 3 aromatic heterocycles. The number of hydrogen-bond donors (Lipinski definition) is 0. The molecule has 1 atom stereocenters. The molecule has 0 radical (unpaired) electrons. The van der Waals surface area contributed by atoms with Crippen LogP contribution >= 0.6 is 11.3 Å². The molecule has 35 heavy (non-hydrogen) atoms. The average molecular weight is 491 g/mol. The fourth-order valence-electron chi connectivity index (χ4n) is 4.62. The fourth-order valence-corrected chi connectivity index (χ4v) is 5.68. The number of nitrogens with zero attached hydrogens (tertiary/aromatic N) is 6. The first-order chi connectivity index (χ1) is 17.0. The Balaban J connectivity index is 1.31. The number of carbonyl (C=O) groups is 1. The van der Waals surface area contributed by atoms with Gasteiger partial charge in [-0.25, -0.2) is 14.6 Å². The fraction of sp³-hybridized carbons (Fsp3) is 0.423. The van der Waals surface area contributed by atoms with E-state index < -0.39 is 0 Å². The molecule has 1 aliphatic rings. The van der Waals surface area contributed by atoms with Gasteiger partial charge in [-0.1, -0.05) is 30.3 Å². The van der Waals surface area contributed by atoms with Crippen molar-refractivity contribution in [3.63, 3.8) is 0 Å². The summed E-state index contributed by atoms with van der Waals surface area (Å²) in [6.07, 6.45) is 4.70. The maximum atomic E-state index is 13.5. The summed E-state index contributed by atoms with van der Waals surface area (Å²) in [6, 6.07) is 10.0. The van der Waals surface area contributed by atoms with Gasteiger partial charge in [0.1, 0.15) is 16.5 Å². The third-order valence-corrected chi connectivity index (χ3v) is 7.73. The molecule has 8 nitrogen and oxygen atoms in total. The molecule has 1 unspecified atom stereocenters. The molecule has 4 aromatic rings. The Labute approximate surface area is 209 Å². The summed E-state index contributed by atoms with van der Waals surface area (Å²) < 4.78 is 9.18. The lowest BCUT2D eigenvalue weighted by Crippen LogP contribution is -2.23. The summed E-state index contributed by atoms with van der Waals surface area (Å²) in [6.45, 7) is 6.17. The zero-order chi connectivity index (χ0) is 24.4. The number of ether oxygens (including phenoxy) is 1. The summed E-state index contributed by atoms with van der Waals surface area (Å²) in [7, 11) is 1.83. The van der Waals surface area contributed by atoms with Gasteiger partial charge >= 0.3 is 0 Å². The molecule has 4 heterocycles. The van der Waals surface area contributed by atoms with Crippen LogP contribution in [0, 0.1) is 12.8 Å². The molecular weight excluding hydrogens is 460 g/mol. The number of Topliss-reactive ketones (excluding diaryl/α,β-unsaturated/α-hetero) is 1. The van der Waals surface area contributed by atoms with E-state index in [1.54, 1.807) is 22.2 Å². The van der Waals surface area contributed by atoms with Crippen molar-refractivity contribution in [3.8, 4) is 22.0 Å². The average Bonchev–Trinajstić information content (AvgIpc) is 3.56. The van der Waals surface area contributed by atoms with Crippen LogP contribution in [0.15, 0.2) is 36.5 Å². The van der Waals surface area contributed by atoms with Gasteiger partial charge in [0.05, 0.1) is 24.1 Å². The minimum Gasteiger partial charge on any atom is -0.381 e. The molecule has 0 bridgehead atoms. The standard InChI is InChI=1S/C26H30N6O2S/c1-4-34-13-11-22-17(2)28-26(35-22)20-16-27-31(3)24(20)21(33)14-18-10-12-32-23(15-18)29-25(30-32)19-8-6-5-7-9-19/h5-9,16,18H,4,10-15H2,1-3H3. The van der Waals surface area contributed by atoms with Crippen molar-refractivity contribution < 1.29 is 9.53 Å². The van der Waals surface area contributed by atoms with E-state index in [2.05, 4.69) is 10.2 Å². The number of fused-ring (bicyclic) bond motifs is 1. The van der Waals surface area contributed by atoms with Crippen LogP contribution in [0.4, 0.5) is 0 Å². The van der Waals surface area contributed by atoms with Crippen LogP contribution in [0.1, 0.15) is 46.6 Å². The third kappa shape index (κ3) is 4.97. The number of rotatable bonds is 9. The molecule has 0 fully saturated rings. The number of carbonyl (C=O) groups excluding carboxylic acids is 1. The van der Waals surface area contributed by atoms with Crippen molar-refractivity contribution in [2.75, 3.05) is 13.2 Å². The van der Waals surface area contributed by atoms with Crippen molar-refractivity contribution in [2.45, 2.75) is 46.1 Å². The van der Waals surface area contributed by atoms with Crippen molar-refractivity contribution in [2.24, 2.45) is 13.0 Å². The number of hydrogen-bond acceptors (Lipinski definition) is 7. The quantitative estimate of drug-likeness (QED) is 0.253. The van der Waals surface area contributed by atoms with Crippen LogP contribution in [-0.4, -0.2) is 48.5 Å². The van der Waals surface area contributed by atoms with Crippen LogP contribution in [0.3, 0.4) is 0 Å². The maximum absolute atomic E-state index is 13.5. The van der Waals surface area contributed by atoms with Crippen molar-refractivity contribution >= 4 is 17.1 Å². The Hall–Kier alpha value is -3.17. The Kier molecular flexibility index (Phi) is 6.88. The van der Waals surface area contributed by atoms with Gasteiger partial charge in [-0.2, -0.15) is 10.2 Å². The van der Waals surface area contributed by atoms with Crippen molar-refractivity contribution in [1.82, 2.24) is 29.5 Å². The van der Waals surface area contributed by atoms with E-state index in [1.807, 2.05) is 55.9 Å². The van der Waals surface area contributed by atoms with E-state index in [-0.39, 0.29) is 11.7 Å². The summed E-state index contributed by atoms with van der Waals surface area (Å²) in [5.74, 6) is 2.03. The first-order valence-electron chi connectivity index (χ1n) is 12.1. The zero-order valence-electron chi connectivity index (χ0n) is 20.4. The number of benzene rings is 1. The van der Waals surface area contributed by atoms with E-state index >= 15 is 0 Å². The van der Waals surface area contributed by atoms with Crippen molar-refractivity contribution in [3.05, 3.63) is 58.6 Å². The number of aryl methyl sites for hydroxylation is 3. The predicted molar refractivity (Wildman–Crippen MR) is 135 cm³/mol. The normalized spacial score (nSPS) is 15.3. The van der Waals surface area contributed by atoms with Gasteiger partial charge in [-0.05, 0) is 26.2 Å². The molecule has 1 aliphatic heterocycles. The lowest BCUT2D eigenvalue weighted by Gasteiger charge is -2.21. The molecule has 1 aromatic carbocycles. The van der Waals surface area contributed by atoms with Gasteiger partial charge in [-0.15, -0.1) is 11.3 Å². The van der Waals surface area contributed by atoms with Crippen LogP contribution in [0.2, 0.25) is 0 Å². The number of thiazole rings is 1. The minimum absolute atomic E-state index is 0.102. The van der Waals surface area contributed by atoms with Gasteiger partial charge in [0, 0.05) is 49.9 Å². The molecule has 0 spiro atoms.